The first-order chi connectivity index (χ1) is 15.7. The van der Waals surface area contributed by atoms with E-state index in [2.05, 4.69) is 0 Å². The summed E-state index contributed by atoms with van der Waals surface area (Å²) in [5, 5.41) is 10.8. The zero-order valence-electron chi connectivity index (χ0n) is 18.9. The van der Waals surface area contributed by atoms with E-state index in [1.165, 1.54) is 4.31 Å². The second-order valence-electron chi connectivity index (χ2n) is 8.82. The third-order valence-electron chi connectivity index (χ3n) is 5.76. The number of hydrogen-bond donors (Lipinski definition) is 1. The van der Waals surface area contributed by atoms with Crippen molar-refractivity contribution in [3.8, 4) is 5.75 Å². The number of rotatable bonds is 6. The smallest absolute Gasteiger partial charge is 0.243 e. The van der Waals surface area contributed by atoms with Crippen molar-refractivity contribution in [2.24, 2.45) is 0 Å². The largest absolute Gasteiger partial charge is 0.489 e. The fraction of sp³-hybridized carbons (Fsp3) is 0.259. The van der Waals surface area contributed by atoms with E-state index in [1.807, 2.05) is 67.6 Å². The molecular formula is C27H29NO4S. The fourth-order valence-electron chi connectivity index (χ4n) is 3.86. The molecule has 172 valence electrons. The Balaban J connectivity index is 1.59. The van der Waals surface area contributed by atoms with Gasteiger partial charge >= 0.3 is 0 Å². The van der Waals surface area contributed by atoms with Crippen molar-refractivity contribution in [2.45, 2.75) is 37.4 Å². The number of aryl methyl sites for hydroxylation is 1. The van der Waals surface area contributed by atoms with E-state index < -0.39 is 15.6 Å². The van der Waals surface area contributed by atoms with Gasteiger partial charge in [0.1, 0.15) is 12.4 Å². The fourth-order valence-corrected chi connectivity index (χ4v) is 5.40. The Morgan fingerprint density at radius 2 is 1.73 bits per heavy atom. The number of sulfonamides is 1. The molecule has 1 unspecified atom stereocenters. The lowest BCUT2D eigenvalue weighted by molar-refractivity contribution is 0.0483. The van der Waals surface area contributed by atoms with E-state index in [0.29, 0.717) is 18.8 Å². The first-order valence-electron chi connectivity index (χ1n) is 11.0. The molecule has 1 aliphatic rings. The first kappa shape index (κ1) is 23.2. The Bertz CT molecular complexity index is 1230. The predicted octanol–water partition coefficient (Wildman–Crippen LogP) is 4.80. The summed E-state index contributed by atoms with van der Waals surface area (Å²) < 4.78 is 34.1. The van der Waals surface area contributed by atoms with E-state index in [9.17, 15) is 13.5 Å². The van der Waals surface area contributed by atoms with Crippen LogP contribution in [0.4, 0.5) is 0 Å². The van der Waals surface area contributed by atoms with Crippen LogP contribution in [-0.4, -0.2) is 36.5 Å². The van der Waals surface area contributed by atoms with Crippen LogP contribution in [0, 0.1) is 6.92 Å². The molecular weight excluding hydrogens is 434 g/mol. The summed E-state index contributed by atoms with van der Waals surface area (Å²) in [7, 11) is -3.77. The number of nitrogens with zero attached hydrogens (tertiary/aromatic N) is 1. The van der Waals surface area contributed by atoms with Crippen LogP contribution in [-0.2, 0) is 16.6 Å². The van der Waals surface area contributed by atoms with Gasteiger partial charge < -0.3 is 9.84 Å². The minimum absolute atomic E-state index is 0.0212. The molecule has 0 amide bonds. The Hall–Kier alpha value is -2.93. The molecule has 1 aliphatic heterocycles. The minimum atomic E-state index is -3.77. The molecule has 1 heterocycles. The number of hydrogen-bond acceptors (Lipinski definition) is 4. The highest BCUT2D eigenvalue weighted by Crippen LogP contribution is 2.30. The van der Waals surface area contributed by atoms with Crippen molar-refractivity contribution >= 4 is 15.6 Å². The molecule has 0 radical (unpaired) electrons. The Labute approximate surface area is 196 Å². The number of benzene rings is 3. The van der Waals surface area contributed by atoms with Crippen LogP contribution in [0.5, 0.6) is 5.75 Å². The maximum Gasteiger partial charge on any atom is 0.243 e. The Morgan fingerprint density at radius 1 is 1.00 bits per heavy atom. The van der Waals surface area contributed by atoms with Gasteiger partial charge in [-0.3, -0.25) is 0 Å². The van der Waals surface area contributed by atoms with Crippen LogP contribution in [0.1, 0.15) is 30.0 Å². The average molecular weight is 464 g/mol. The zero-order chi connectivity index (χ0) is 23.5. The molecule has 0 saturated carbocycles. The number of ether oxygens (including phenoxy) is 1. The van der Waals surface area contributed by atoms with E-state index >= 15 is 0 Å². The summed E-state index contributed by atoms with van der Waals surface area (Å²) in [5.41, 5.74) is 2.62. The van der Waals surface area contributed by atoms with E-state index in [0.717, 1.165) is 22.3 Å². The Morgan fingerprint density at radius 3 is 2.45 bits per heavy atom. The summed E-state index contributed by atoms with van der Waals surface area (Å²) in [6.07, 6.45) is 2.29. The van der Waals surface area contributed by atoms with Gasteiger partial charge in [-0.15, -0.1) is 0 Å². The minimum Gasteiger partial charge on any atom is -0.489 e. The maximum atomic E-state index is 13.4. The summed E-state index contributed by atoms with van der Waals surface area (Å²) in [4.78, 5) is 0.227. The third-order valence-corrected chi connectivity index (χ3v) is 7.57. The Kier molecular flexibility index (Phi) is 6.70. The lowest BCUT2D eigenvalue weighted by Gasteiger charge is -2.28. The highest BCUT2D eigenvalue weighted by Gasteiger charge is 2.34. The van der Waals surface area contributed by atoms with Gasteiger partial charge in [-0.25, -0.2) is 8.42 Å². The van der Waals surface area contributed by atoms with Gasteiger partial charge in [-0.2, -0.15) is 4.31 Å². The van der Waals surface area contributed by atoms with E-state index in [4.69, 9.17) is 4.74 Å². The standard InChI is InChI=1S/C27H29NO4S/c1-21-11-13-26(14-12-21)33(30,31)28-18-24(15-16-27(2,29)20-28)23-9-6-10-25(17-23)32-19-22-7-4-3-5-8-22/h3-15,17,29H,16,18-20H2,1-2H3. The van der Waals surface area contributed by atoms with E-state index in [-0.39, 0.29) is 18.0 Å². The zero-order valence-corrected chi connectivity index (χ0v) is 19.8. The third kappa shape index (κ3) is 5.71. The molecule has 4 rings (SSSR count). The van der Waals surface area contributed by atoms with Crippen molar-refractivity contribution in [1.82, 2.24) is 4.31 Å². The normalized spacial score (nSPS) is 19.5. The highest BCUT2D eigenvalue weighted by atomic mass is 32.2. The molecule has 0 bridgehead atoms. The second-order valence-corrected chi connectivity index (χ2v) is 10.8. The van der Waals surface area contributed by atoms with Crippen LogP contribution in [0.2, 0.25) is 0 Å². The van der Waals surface area contributed by atoms with Crippen molar-refractivity contribution in [2.75, 3.05) is 13.1 Å². The molecule has 33 heavy (non-hydrogen) atoms. The van der Waals surface area contributed by atoms with Gasteiger partial charge in [0.25, 0.3) is 0 Å². The summed E-state index contributed by atoms with van der Waals surface area (Å²) in [6.45, 7) is 4.23. The summed E-state index contributed by atoms with van der Waals surface area (Å²) in [6, 6.07) is 24.4. The quantitative estimate of drug-likeness (QED) is 0.570. The average Bonchev–Trinajstić information content (AvgIpc) is 2.97. The molecule has 5 nitrogen and oxygen atoms in total. The number of aliphatic hydroxyl groups is 1. The van der Waals surface area contributed by atoms with Crippen molar-refractivity contribution < 1.29 is 18.3 Å². The van der Waals surface area contributed by atoms with Crippen LogP contribution >= 0.6 is 0 Å². The molecule has 1 atom stereocenters. The van der Waals surface area contributed by atoms with Crippen molar-refractivity contribution in [3.63, 3.8) is 0 Å². The van der Waals surface area contributed by atoms with Gasteiger partial charge in [0.2, 0.25) is 10.0 Å². The van der Waals surface area contributed by atoms with Gasteiger partial charge in [0.15, 0.2) is 0 Å². The van der Waals surface area contributed by atoms with Crippen LogP contribution in [0.15, 0.2) is 89.8 Å². The lowest BCUT2D eigenvalue weighted by atomic mass is 10.00. The number of β-amino-alcohol motifs (C(OH)–C–C–N with tert-alkyl or cyclic N) is 1. The lowest BCUT2D eigenvalue weighted by Crippen LogP contribution is -2.42. The molecule has 3 aromatic rings. The summed E-state index contributed by atoms with van der Waals surface area (Å²) >= 11 is 0. The topological polar surface area (TPSA) is 66.8 Å². The molecule has 3 aromatic carbocycles. The maximum absolute atomic E-state index is 13.4. The van der Waals surface area contributed by atoms with Crippen LogP contribution in [0.25, 0.3) is 5.57 Å². The van der Waals surface area contributed by atoms with Gasteiger partial charge in [0, 0.05) is 13.1 Å². The van der Waals surface area contributed by atoms with Gasteiger partial charge in [-0.1, -0.05) is 66.2 Å². The van der Waals surface area contributed by atoms with Crippen molar-refractivity contribution in [1.29, 1.82) is 0 Å². The summed E-state index contributed by atoms with van der Waals surface area (Å²) in [5.74, 6) is 0.709. The highest BCUT2D eigenvalue weighted by molar-refractivity contribution is 7.89. The van der Waals surface area contributed by atoms with Gasteiger partial charge in [-0.05, 0) is 61.2 Å². The predicted molar refractivity (Wildman–Crippen MR) is 130 cm³/mol. The SMILES string of the molecule is Cc1ccc(S(=O)(=O)N2CC(c3cccc(OCc4ccccc4)c3)=CCC(C)(O)C2)cc1. The monoisotopic (exact) mass is 463 g/mol. The van der Waals surface area contributed by atoms with Crippen LogP contribution < -0.4 is 4.74 Å². The van der Waals surface area contributed by atoms with Crippen molar-refractivity contribution in [3.05, 3.63) is 102 Å². The molecule has 0 spiro atoms. The molecule has 0 saturated heterocycles. The molecule has 0 fully saturated rings. The molecule has 1 N–H and O–H groups in total. The molecule has 0 aliphatic carbocycles. The van der Waals surface area contributed by atoms with Gasteiger partial charge in [0.05, 0.1) is 10.5 Å². The first-order valence-corrected chi connectivity index (χ1v) is 12.4. The van der Waals surface area contributed by atoms with Crippen LogP contribution in [0.3, 0.4) is 0 Å². The molecule has 0 aromatic heterocycles. The van der Waals surface area contributed by atoms with E-state index in [1.54, 1.807) is 31.2 Å². The second kappa shape index (κ2) is 9.51. The molecule has 6 heteroatoms.